The van der Waals surface area contributed by atoms with E-state index < -0.39 is 0 Å². The Labute approximate surface area is 130 Å². The number of hydrogen-bond donors (Lipinski definition) is 0. The van der Waals surface area contributed by atoms with Crippen LogP contribution in [-0.4, -0.2) is 9.78 Å². The number of rotatable bonds is 2. The van der Waals surface area contributed by atoms with E-state index in [1.807, 2.05) is 36.4 Å². The summed E-state index contributed by atoms with van der Waals surface area (Å²) in [4.78, 5) is 0. The minimum Gasteiger partial charge on any atom is -0.264 e. The van der Waals surface area contributed by atoms with E-state index in [4.69, 9.17) is 5.26 Å². The van der Waals surface area contributed by atoms with Crippen LogP contribution in [0.1, 0.15) is 5.56 Å². The Hall–Kier alpha value is -2.21. The maximum Gasteiger partial charge on any atom is 0.102 e. The molecule has 1 heterocycles. The average molecular weight is 436 g/mol. The molecule has 3 rings (SSSR count). The third kappa shape index (κ3) is 2.85. The van der Waals surface area contributed by atoms with E-state index in [1.54, 1.807) is 17.1 Å². The third-order valence-corrected chi connectivity index (χ3v) is 2.85. The van der Waals surface area contributed by atoms with Gasteiger partial charge in [-0.05, 0) is 11.3 Å². The van der Waals surface area contributed by atoms with Gasteiger partial charge in [0.05, 0.1) is 11.8 Å². The van der Waals surface area contributed by atoms with Crippen LogP contribution in [0.25, 0.3) is 16.8 Å². The minimum absolute atomic E-state index is 0. The fraction of sp³-hybridized carbons (Fsp3) is 0. The van der Waals surface area contributed by atoms with E-state index in [0.29, 0.717) is 5.56 Å². The van der Waals surface area contributed by atoms with Crippen LogP contribution < -0.4 is 0 Å². The van der Waals surface area contributed by atoms with Gasteiger partial charge in [-0.3, -0.25) is 4.68 Å². The zero-order valence-corrected chi connectivity index (χ0v) is 12.8. The van der Waals surface area contributed by atoms with Crippen molar-refractivity contribution in [1.82, 2.24) is 9.78 Å². The van der Waals surface area contributed by atoms with Crippen LogP contribution >= 0.6 is 0 Å². The summed E-state index contributed by atoms with van der Waals surface area (Å²) in [6.07, 6.45) is 3.24. The Kier molecular flexibility index (Phi) is 4.47. The van der Waals surface area contributed by atoms with Gasteiger partial charge in [-0.25, -0.2) is 0 Å². The van der Waals surface area contributed by atoms with E-state index in [9.17, 15) is 0 Å². The van der Waals surface area contributed by atoms with Crippen molar-refractivity contribution in [1.29, 1.82) is 5.26 Å². The van der Waals surface area contributed by atoms with Crippen LogP contribution in [-0.2, 0) is 20.1 Å². The summed E-state index contributed by atoms with van der Waals surface area (Å²) < 4.78 is 1.66. The first-order valence-electron chi connectivity index (χ1n) is 5.89. The molecule has 0 fully saturated rings. The van der Waals surface area contributed by atoms with Crippen molar-refractivity contribution in [3.05, 3.63) is 72.6 Å². The van der Waals surface area contributed by atoms with Crippen molar-refractivity contribution < 1.29 is 20.1 Å². The molecule has 0 spiro atoms. The molecule has 0 unspecified atom stereocenters. The topological polar surface area (TPSA) is 41.6 Å². The summed E-state index contributed by atoms with van der Waals surface area (Å²) >= 11 is 0. The van der Waals surface area contributed by atoms with Crippen LogP contribution in [0.3, 0.4) is 0 Å². The standard InChI is InChI=1S/C16H10N3.Ir/c17-10-13-11-18-19(12-13)16-8-4-7-15(9-16)14-5-2-1-3-6-14;/h1-7,9,11-12H;/q-1;. The van der Waals surface area contributed by atoms with Gasteiger partial charge in [-0.15, -0.1) is 11.6 Å². The van der Waals surface area contributed by atoms with Crippen molar-refractivity contribution in [3.8, 4) is 22.9 Å². The van der Waals surface area contributed by atoms with Crippen LogP contribution in [0.4, 0.5) is 0 Å². The first-order valence-corrected chi connectivity index (χ1v) is 5.89. The quantitative estimate of drug-likeness (QED) is 0.579. The van der Waals surface area contributed by atoms with Crippen molar-refractivity contribution >= 4 is 0 Å². The van der Waals surface area contributed by atoms with Crippen LogP contribution in [0, 0.1) is 17.4 Å². The minimum atomic E-state index is 0. The Morgan fingerprint density at radius 2 is 1.90 bits per heavy atom. The second-order valence-corrected chi connectivity index (χ2v) is 4.11. The zero-order valence-electron chi connectivity index (χ0n) is 10.4. The summed E-state index contributed by atoms with van der Waals surface area (Å²) in [5, 5.41) is 13.0. The fourth-order valence-corrected chi connectivity index (χ4v) is 1.91. The largest absolute Gasteiger partial charge is 0.264 e. The Morgan fingerprint density at radius 3 is 2.60 bits per heavy atom. The molecule has 1 aromatic heterocycles. The maximum absolute atomic E-state index is 8.82. The van der Waals surface area contributed by atoms with Gasteiger partial charge in [-0.1, -0.05) is 30.3 Å². The SMILES string of the molecule is N#Cc1cnn(-c2[c-]ccc(-c3ccccc3)c2)c1.[Ir]. The summed E-state index contributed by atoms with van der Waals surface area (Å²) in [7, 11) is 0. The van der Waals surface area contributed by atoms with E-state index in [2.05, 4.69) is 29.4 Å². The number of aromatic nitrogens is 2. The molecule has 0 amide bonds. The summed E-state index contributed by atoms with van der Waals surface area (Å²) in [6, 6.07) is 21.2. The average Bonchev–Trinajstić information content (AvgIpc) is 2.97. The monoisotopic (exact) mass is 437 g/mol. The first kappa shape index (κ1) is 14.2. The van der Waals surface area contributed by atoms with Gasteiger partial charge in [0.15, 0.2) is 0 Å². The predicted octanol–water partition coefficient (Wildman–Crippen LogP) is 3.21. The van der Waals surface area contributed by atoms with Gasteiger partial charge in [0, 0.05) is 26.3 Å². The summed E-state index contributed by atoms with van der Waals surface area (Å²) in [5.74, 6) is 0. The predicted molar refractivity (Wildman–Crippen MR) is 72.6 cm³/mol. The van der Waals surface area contributed by atoms with E-state index in [0.717, 1.165) is 16.8 Å². The molecule has 0 aliphatic carbocycles. The molecule has 4 heteroatoms. The van der Waals surface area contributed by atoms with Gasteiger partial charge in [-0.2, -0.15) is 28.6 Å². The molecule has 1 radical (unpaired) electrons. The number of hydrogen-bond acceptors (Lipinski definition) is 2. The zero-order chi connectivity index (χ0) is 13.1. The molecular weight excluding hydrogens is 426 g/mol. The first-order chi connectivity index (χ1) is 9.36. The van der Waals surface area contributed by atoms with Crippen LogP contribution in [0.5, 0.6) is 0 Å². The normalized spacial score (nSPS) is 9.55. The molecule has 0 aliphatic heterocycles. The Balaban J connectivity index is 0.00000147. The molecule has 0 atom stereocenters. The van der Waals surface area contributed by atoms with Crippen LogP contribution in [0.2, 0.25) is 0 Å². The smallest absolute Gasteiger partial charge is 0.102 e. The van der Waals surface area contributed by atoms with E-state index >= 15 is 0 Å². The Morgan fingerprint density at radius 1 is 1.10 bits per heavy atom. The second kappa shape index (κ2) is 6.29. The molecule has 3 aromatic rings. The summed E-state index contributed by atoms with van der Waals surface area (Å²) in [6.45, 7) is 0. The van der Waals surface area contributed by atoms with Gasteiger partial charge in [0.2, 0.25) is 0 Å². The fourth-order valence-electron chi connectivity index (χ4n) is 1.91. The molecule has 2 aromatic carbocycles. The van der Waals surface area contributed by atoms with E-state index in [-0.39, 0.29) is 20.1 Å². The van der Waals surface area contributed by atoms with Crippen molar-refractivity contribution in [2.24, 2.45) is 0 Å². The van der Waals surface area contributed by atoms with Crippen LogP contribution in [0.15, 0.2) is 60.9 Å². The molecule has 0 N–H and O–H groups in total. The third-order valence-electron chi connectivity index (χ3n) is 2.85. The molecule has 0 bridgehead atoms. The summed E-state index contributed by atoms with van der Waals surface area (Å²) in [5.41, 5.74) is 3.61. The van der Waals surface area contributed by atoms with Crippen molar-refractivity contribution in [3.63, 3.8) is 0 Å². The second-order valence-electron chi connectivity index (χ2n) is 4.11. The van der Waals surface area contributed by atoms with Gasteiger partial charge in [0.25, 0.3) is 0 Å². The van der Waals surface area contributed by atoms with Crippen molar-refractivity contribution in [2.75, 3.05) is 0 Å². The maximum atomic E-state index is 8.82. The molecule has 0 saturated carbocycles. The molecule has 3 nitrogen and oxygen atoms in total. The molecular formula is C16H10IrN3-. The number of nitrogens with zero attached hydrogens (tertiary/aromatic N) is 3. The van der Waals surface area contributed by atoms with E-state index in [1.165, 1.54) is 0 Å². The molecule has 20 heavy (non-hydrogen) atoms. The Bertz CT molecular complexity index is 742. The molecule has 0 saturated heterocycles. The molecule has 99 valence electrons. The van der Waals surface area contributed by atoms with Crippen molar-refractivity contribution in [2.45, 2.75) is 0 Å². The number of nitriles is 1. The van der Waals surface area contributed by atoms with Gasteiger partial charge >= 0.3 is 0 Å². The molecule has 0 aliphatic rings. The van der Waals surface area contributed by atoms with Gasteiger partial charge in [0.1, 0.15) is 6.07 Å². The van der Waals surface area contributed by atoms with Gasteiger partial charge < -0.3 is 0 Å². The number of benzene rings is 2.